The molecule has 4 fully saturated rings. The predicted molar refractivity (Wildman–Crippen MR) is 96.8 cm³/mol. The van der Waals surface area contributed by atoms with Crippen LogP contribution in [0.5, 0.6) is 0 Å². The monoisotopic (exact) mass is 498 g/mol. The Kier molecular flexibility index (Phi) is 6.12. The smallest absolute Gasteiger partial charge is 0.456 e. The molecule has 0 aliphatic heterocycles. The molecule has 0 aromatic rings. The number of carbonyl (C=O) groups is 1. The van der Waals surface area contributed by atoms with Crippen LogP contribution in [0.2, 0.25) is 0 Å². The van der Waals surface area contributed by atoms with E-state index in [0.29, 0.717) is 44.4 Å². The van der Waals surface area contributed by atoms with Crippen molar-refractivity contribution < 1.29 is 54.2 Å². The fourth-order valence-corrected chi connectivity index (χ4v) is 6.44. The molecule has 4 saturated carbocycles. The Labute approximate surface area is 185 Å². The van der Waals surface area contributed by atoms with Crippen molar-refractivity contribution in [2.45, 2.75) is 94.4 Å². The van der Waals surface area contributed by atoms with Gasteiger partial charge in [-0.3, -0.25) is 0 Å². The Morgan fingerprint density at radius 1 is 0.879 bits per heavy atom. The van der Waals surface area contributed by atoms with Crippen LogP contribution in [0.15, 0.2) is 0 Å². The van der Waals surface area contributed by atoms with Crippen LogP contribution in [0.25, 0.3) is 0 Å². The van der Waals surface area contributed by atoms with Gasteiger partial charge in [0, 0.05) is 0 Å². The van der Waals surface area contributed by atoms with Gasteiger partial charge < -0.3 is 9.84 Å². The number of halogens is 9. The van der Waals surface area contributed by atoms with Crippen LogP contribution in [-0.4, -0.2) is 46.2 Å². The van der Waals surface area contributed by atoms with E-state index < -0.39 is 47.5 Å². The zero-order valence-corrected chi connectivity index (χ0v) is 18.3. The first kappa shape index (κ1) is 26.4. The first-order chi connectivity index (χ1) is 14.7. The predicted octanol–water partition coefficient (Wildman–Crippen LogP) is 5.99. The fraction of sp³-hybridized carbons (Fsp3) is 0.952. The van der Waals surface area contributed by atoms with Gasteiger partial charge >= 0.3 is 29.9 Å². The molecule has 33 heavy (non-hydrogen) atoms. The van der Waals surface area contributed by atoms with E-state index in [2.05, 4.69) is 0 Å². The molecule has 12 heteroatoms. The van der Waals surface area contributed by atoms with E-state index >= 15 is 0 Å². The molecule has 0 aromatic heterocycles. The quantitative estimate of drug-likeness (QED) is 0.347. The van der Waals surface area contributed by atoms with Crippen molar-refractivity contribution in [1.29, 1.82) is 0 Å². The maximum absolute atomic E-state index is 14.1. The lowest BCUT2D eigenvalue weighted by Gasteiger charge is -2.62. The second kappa shape index (κ2) is 7.65. The molecule has 4 rings (SSSR count). The molecule has 3 nitrogen and oxygen atoms in total. The molecule has 4 aliphatic carbocycles. The normalized spacial score (nSPS) is 34.5. The van der Waals surface area contributed by atoms with Gasteiger partial charge in [0.15, 0.2) is 5.60 Å². The summed E-state index contributed by atoms with van der Waals surface area (Å²) >= 11 is 0. The lowest BCUT2D eigenvalue weighted by atomic mass is 9.47. The molecule has 4 aliphatic rings. The molecule has 4 bridgehead atoms. The van der Waals surface area contributed by atoms with Crippen LogP contribution in [0.4, 0.5) is 39.5 Å². The van der Waals surface area contributed by atoms with Gasteiger partial charge in [-0.25, -0.2) is 4.79 Å². The first-order valence-electron chi connectivity index (χ1n) is 10.8. The zero-order chi connectivity index (χ0) is 25.4. The topological polar surface area (TPSA) is 46.5 Å². The minimum absolute atomic E-state index is 0.148. The summed E-state index contributed by atoms with van der Waals surface area (Å²) in [6.45, 7) is 3.82. The van der Waals surface area contributed by atoms with Crippen LogP contribution >= 0.6 is 0 Å². The third-order valence-corrected chi connectivity index (χ3v) is 7.80. The number of rotatable bonds is 7. The van der Waals surface area contributed by atoms with Crippen LogP contribution in [0.3, 0.4) is 0 Å². The number of alkyl halides is 9. The van der Waals surface area contributed by atoms with E-state index in [1.54, 1.807) is 13.8 Å². The standard InChI is InChI=1S/C21H27F9O3/c1-10(2)18(13-5-11-4-12(7-13)8-14(18)6-11)33-15(31)16(3,32)9-17(22,23)19(24,25)20(26,27)21(28,29)30/h10-14,32H,4-9H2,1-3H3. The maximum atomic E-state index is 14.1. The third kappa shape index (κ3) is 3.91. The summed E-state index contributed by atoms with van der Waals surface area (Å²) in [6.07, 6.45) is -5.82. The lowest BCUT2D eigenvalue weighted by molar-refractivity contribution is -0.399. The summed E-state index contributed by atoms with van der Waals surface area (Å²) < 4.78 is 125. The van der Waals surface area contributed by atoms with E-state index in [1.807, 2.05) is 0 Å². The summed E-state index contributed by atoms with van der Waals surface area (Å²) in [6, 6.07) is 0. The molecule has 1 atom stereocenters. The number of ether oxygens (including phenoxy) is 1. The second-order valence-corrected chi connectivity index (χ2v) is 10.5. The van der Waals surface area contributed by atoms with Gasteiger partial charge in [-0.2, -0.15) is 39.5 Å². The van der Waals surface area contributed by atoms with Crippen molar-refractivity contribution in [3.8, 4) is 0 Å². The highest BCUT2D eigenvalue weighted by atomic mass is 19.4. The summed E-state index contributed by atoms with van der Waals surface area (Å²) in [5, 5.41) is 10.3. The second-order valence-electron chi connectivity index (χ2n) is 10.5. The van der Waals surface area contributed by atoms with Gasteiger partial charge in [0.1, 0.15) is 5.60 Å². The molecule has 192 valence electrons. The molecular formula is C21H27F9O3. The van der Waals surface area contributed by atoms with Crippen molar-refractivity contribution in [1.82, 2.24) is 0 Å². The Balaban J connectivity index is 1.84. The number of carbonyl (C=O) groups excluding carboxylic acids is 1. The summed E-state index contributed by atoms with van der Waals surface area (Å²) in [4.78, 5) is 12.8. The van der Waals surface area contributed by atoms with Crippen LogP contribution in [0.1, 0.15) is 59.3 Å². The molecule has 0 radical (unpaired) electrons. The van der Waals surface area contributed by atoms with Gasteiger partial charge in [-0.15, -0.1) is 0 Å². The van der Waals surface area contributed by atoms with Crippen LogP contribution in [0, 0.1) is 29.6 Å². The molecular weight excluding hydrogens is 471 g/mol. The SMILES string of the molecule is CC(C)C1(OC(=O)C(C)(O)CC(F)(F)C(F)(F)C(F)(F)C(F)(F)F)C2CC3CC(C2)CC1C3. The molecule has 1 unspecified atom stereocenters. The minimum atomic E-state index is -7.09. The summed E-state index contributed by atoms with van der Waals surface area (Å²) in [5.74, 6) is -21.6. The number of esters is 1. The van der Waals surface area contributed by atoms with E-state index in [-0.39, 0.29) is 17.8 Å². The van der Waals surface area contributed by atoms with Gasteiger partial charge in [0.05, 0.1) is 6.42 Å². The average molecular weight is 498 g/mol. The van der Waals surface area contributed by atoms with Crippen molar-refractivity contribution in [3.63, 3.8) is 0 Å². The largest absolute Gasteiger partial charge is 0.460 e. The average Bonchev–Trinajstić information content (AvgIpc) is 2.61. The van der Waals surface area contributed by atoms with Crippen molar-refractivity contribution >= 4 is 5.97 Å². The summed E-state index contributed by atoms with van der Waals surface area (Å²) in [7, 11) is 0. The number of hydrogen-bond donors (Lipinski definition) is 1. The first-order valence-corrected chi connectivity index (χ1v) is 10.8. The highest BCUT2D eigenvalue weighted by molar-refractivity contribution is 5.79. The molecule has 0 amide bonds. The van der Waals surface area contributed by atoms with Gasteiger partial charge in [-0.05, 0) is 68.6 Å². The van der Waals surface area contributed by atoms with E-state index in [1.165, 1.54) is 0 Å². The number of aliphatic hydroxyl groups is 1. The Morgan fingerprint density at radius 3 is 1.67 bits per heavy atom. The lowest BCUT2D eigenvalue weighted by Crippen LogP contribution is -2.65. The van der Waals surface area contributed by atoms with Gasteiger partial charge in [0.2, 0.25) is 0 Å². The highest BCUT2D eigenvalue weighted by Gasteiger charge is 2.82. The molecule has 1 N–H and O–H groups in total. The van der Waals surface area contributed by atoms with Gasteiger partial charge in [0.25, 0.3) is 0 Å². The molecule has 0 spiro atoms. The Bertz CT molecular complexity index is 745. The van der Waals surface area contributed by atoms with Crippen molar-refractivity contribution in [3.05, 3.63) is 0 Å². The van der Waals surface area contributed by atoms with E-state index in [4.69, 9.17) is 4.74 Å². The van der Waals surface area contributed by atoms with E-state index in [0.717, 1.165) is 6.42 Å². The number of hydrogen-bond acceptors (Lipinski definition) is 3. The van der Waals surface area contributed by atoms with E-state index in [9.17, 15) is 49.4 Å². The fourth-order valence-electron chi connectivity index (χ4n) is 6.44. The minimum Gasteiger partial charge on any atom is -0.456 e. The third-order valence-electron chi connectivity index (χ3n) is 7.80. The van der Waals surface area contributed by atoms with Crippen LogP contribution in [-0.2, 0) is 9.53 Å². The molecule has 0 aromatic carbocycles. The highest BCUT2D eigenvalue weighted by Crippen LogP contribution is 2.62. The molecule has 0 heterocycles. The van der Waals surface area contributed by atoms with Gasteiger partial charge in [-0.1, -0.05) is 13.8 Å². The Morgan fingerprint density at radius 2 is 1.30 bits per heavy atom. The summed E-state index contributed by atoms with van der Waals surface area (Å²) in [5.41, 5.74) is -4.60. The molecule has 0 saturated heterocycles. The maximum Gasteiger partial charge on any atom is 0.460 e. The van der Waals surface area contributed by atoms with Crippen molar-refractivity contribution in [2.75, 3.05) is 0 Å². The van der Waals surface area contributed by atoms with Crippen molar-refractivity contribution in [2.24, 2.45) is 29.6 Å². The Hall–Kier alpha value is -1.20. The van der Waals surface area contributed by atoms with Crippen LogP contribution < -0.4 is 0 Å². The zero-order valence-electron chi connectivity index (χ0n) is 18.3.